The van der Waals surface area contributed by atoms with Crippen molar-refractivity contribution in [1.82, 2.24) is 0 Å². The number of pyridine rings is 1. The summed E-state index contributed by atoms with van der Waals surface area (Å²) in [6.07, 6.45) is -0.436. The summed E-state index contributed by atoms with van der Waals surface area (Å²) in [5.74, 6) is 0.654. The lowest BCUT2D eigenvalue weighted by Gasteiger charge is -1.99. The Hall–Kier alpha value is -1.58. The van der Waals surface area contributed by atoms with Gasteiger partial charge in [0.1, 0.15) is 0 Å². The maximum atomic E-state index is 11.1. The normalized spacial score (nSPS) is 9.64. The van der Waals surface area contributed by atoms with E-state index in [2.05, 4.69) is 10.3 Å². The molecule has 0 unspecified atom stereocenters. The third kappa shape index (κ3) is 3.05. The first-order valence-electron chi connectivity index (χ1n) is 4.56. The number of H-pyrrole nitrogens is 1. The fraction of sp³-hybridized carbons (Fsp3) is 0.400. The SMILES string of the molecule is CCOC(=O)Nc1cc(C)cc(C)[nH+]1. The van der Waals surface area contributed by atoms with Crippen molar-refractivity contribution in [3.8, 4) is 0 Å². The number of hydrogen-bond donors (Lipinski definition) is 1. The fourth-order valence-corrected chi connectivity index (χ4v) is 1.24. The first-order chi connectivity index (χ1) is 6.61. The van der Waals surface area contributed by atoms with Crippen molar-refractivity contribution in [2.75, 3.05) is 11.9 Å². The number of aryl methyl sites for hydroxylation is 2. The zero-order valence-electron chi connectivity index (χ0n) is 8.68. The molecule has 0 saturated heterocycles. The summed E-state index contributed by atoms with van der Waals surface area (Å²) in [5.41, 5.74) is 2.09. The van der Waals surface area contributed by atoms with Crippen LogP contribution < -0.4 is 10.3 Å². The summed E-state index contributed by atoms with van der Waals surface area (Å²) < 4.78 is 4.76. The van der Waals surface area contributed by atoms with Gasteiger partial charge in [-0.15, -0.1) is 0 Å². The maximum absolute atomic E-state index is 11.1. The zero-order chi connectivity index (χ0) is 10.6. The highest BCUT2D eigenvalue weighted by atomic mass is 16.5. The molecule has 0 fully saturated rings. The third-order valence-electron chi connectivity index (χ3n) is 1.66. The highest BCUT2D eigenvalue weighted by Crippen LogP contribution is 2.04. The monoisotopic (exact) mass is 195 g/mol. The number of aromatic amines is 1. The van der Waals surface area contributed by atoms with Gasteiger partial charge in [0.25, 0.3) is 5.82 Å². The Bertz CT molecular complexity index is 317. The molecule has 14 heavy (non-hydrogen) atoms. The lowest BCUT2D eigenvalue weighted by Crippen LogP contribution is -2.22. The van der Waals surface area contributed by atoms with Gasteiger partial charge < -0.3 is 4.74 Å². The molecule has 76 valence electrons. The summed E-state index contributed by atoms with van der Waals surface area (Å²) in [7, 11) is 0. The van der Waals surface area contributed by atoms with E-state index in [1.807, 2.05) is 26.0 Å². The van der Waals surface area contributed by atoms with Gasteiger partial charge in [-0.25, -0.2) is 4.98 Å². The zero-order valence-corrected chi connectivity index (χ0v) is 8.68. The van der Waals surface area contributed by atoms with Crippen molar-refractivity contribution in [3.05, 3.63) is 23.4 Å². The molecular formula is C10H15N2O2+. The Morgan fingerprint density at radius 1 is 1.50 bits per heavy atom. The standard InChI is InChI=1S/C10H14N2O2/c1-4-14-10(13)12-9-6-7(2)5-8(3)11-9/h5-6H,4H2,1-3H3,(H,11,12,13)/p+1. The Balaban J connectivity index is 2.71. The summed E-state index contributed by atoms with van der Waals surface area (Å²) in [6, 6.07) is 3.85. The molecule has 1 aromatic rings. The Morgan fingerprint density at radius 3 is 2.79 bits per heavy atom. The predicted molar refractivity (Wildman–Crippen MR) is 53.1 cm³/mol. The average molecular weight is 195 g/mol. The average Bonchev–Trinajstić information content (AvgIpc) is 2.01. The molecule has 4 nitrogen and oxygen atoms in total. The molecule has 0 bridgehead atoms. The molecule has 1 rings (SSSR count). The van der Waals surface area contributed by atoms with Crippen LogP contribution in [0.25, 0.3) is 0 Å². The molecule has 0 atom stereocenters. The van der Waals surface area contributed by atoms with Gasteiger partial charge in [-0.05, 0) is 32.4 Å². The highest BCUT2D eigenvalue weighted by molar-refractivity contribution is 5.82. The Kier molecular flexibility index (Phi) is 3.45. The summed E-state index contributed by atoms with van der Waals surface area (Å²) in [4.78, 5) is 14.1. The van der Waals surface area contributed by atoms with Crippen LogP contribution in [-0.2, 0) is 4.74 Å². The summed E-state index contributed by atoms with van der Waals surface area (Å²) in [6.45, 7) is 6.04. The van der Waals surface area contributed by atoms with Crippen LogP contribution in [0.15, 0.2) is 12.1 Å². The number of ether oxygens (including phenoxy) is 1. The van der Waals surface area contributed by atoms with Crippen molar-refractivity contribution in [1.29, 1.82) is 0 Å². The second-order valence-corrected chi connectivity index (χ2v) is 3.10. The topological polar surface area (TPSA) is 52.5 Å². The van der Waals surface area contributed by atoms with Crippen LogP contribution in [0.2, 0.25) is 0 Å². The molecule has 0 saturated carbocycles. The van der Waals surface area contributed by atoms with Gasteiger partial charge in [-0.3, -0.25) is 0 Å². The van der Waals surface area contributed by atoms with E-state index < -0.39 is 6.09 Å². The number of carbonyl (C=O) groups excluding carboxylic acids is 1. The Morgan fingerprint density at radius 2 is 2.21 bits per heavy atom. The molecule has 1 amide bonds. The van der Waals surface area contributed by atoms with Crippen molar-refractivity contribution >= 4 is 11.9 Å². The van der Waals surface area contributed by atoms with Crippen molar-refractivity contribution < 1.29 is 14.5 Å². The van der Waals surface area contributed by atoms with Crippen LogP contribution in [0.1, 0.15) is 18.2 Å². The second kappa shape index (κ2) is 4.60. The first kappa shape index (κ1) is 10.5. The number of amides is 1. The van der Waals surface area contributed by atoms with Gasteiger partial charge in [0.2, 0.25) is 0 Å². The maximum Gasteiger partial charge on any atom is 0.504 e. The molecule has 0 aliphatic rings. The second-order valence-electron chi connectivity index (χ2n) is 3.10. The quantitative estimate of drug-likeness (QED) is 0.780. The van der Waals surface area contributed by atoms with Crippen LogP contribution in [-0.4, -0.2) is 12.7 Å². The van der Waals surface area contributed by atoms with Gasteiger partial charge in [-0.2, -0.15) is 10.1 Å². The van der Waals surface area contributed by atoms with Crippen LogP contribution in [0.5, 0.6) is 0 Å². The van der Waals surface area contributed by atoms with Crippen molar-refractivity contribution in [2.45, 2.75) is 20.8 Å². The molecule has 0 aromatic carbocycles. The van der Waals surface area contributed by atoms with E-state index in [1.165, 1.54) is 0 Å². The molecule has 0 aliphatic heterocycles. The van der Waals surface area contributed by atoms with E-state index >= 15 is 0 Å². The minimum Gasteiger partial charge on any atom is -0.432 e. The number of aromatic nitrogens is 1. The third-order valence-corrected chi connectivity index (χ3v) is 1.66. The predicted octanol–water partition coefficient (Wildman–Crippen LogP) is 1.69. The summed E-state index contributed by atoms with van der Waals surface area (Å²) >= 11 is 0. The highest BCUT2D eigenvalue weighted by Gasteiger charge is 2.10. The van der Waals surface area contributed by atoms with E-state index in [-0.39, 0.29) is 0 Å². The van der Waals surface area contributed by atoms with Crippen molar-refractivity contribution in [2.24, 2.45) is 0 Å². The minimum absolute atomic E-state index is 0.372. The Labute approximate surface area is 83.3 Å². The van der Waals surface area contributed by atoms with E-state index in [0.29, 0.717) is 12.4 Å². The van der Waals surface area contributed by atoms with Gasteiger partial charge in [0.15, 0.2) is 0 Å². The molecule has 4 heteroatoms. The lowest BCUT2D eigenvalue weighted by atomic mass is 10.2. The van der Waals surface area contributed by atoms with E-state index in [0.717, 1.165) is 11.3 Å². The smallest absolute Gasteiger partial charge is 0.432 e. The van der Waals surface area contributed by atoms with Gasteiger partial charge in [-0.1, -0.05) is 0 Å². The van der Waals surface area contributed by atoms with Gasteiger partial charge in [0, 0.05) is 6.07 Å². The van der Waals surface area contributed by atoms with Crippen LogP contribution >= 0.6 is 0 Å². The molecule has 2 N–H and O–H groups in total. The summed E-state index contributed by atoms with van der Waals surface area (Å²) in [5, 5.41) is 2.61. The number of hydrogen-bond acceptors (Lipinski definition) is 2. The number of carbonyl (C=O) groups is 1. The minimum atomic E-state index is -0.436. The fourth-order valence-electron chi connectivity index (χ4n) is 1.24. The van der Waals surface area contributed by atoms with E-state index in [4.69, 9.17) is 4.74 Å². The molecule has 0 radical (unpaired) electrons. The van der Waals surface area contributed by atoms with E-state index in [9.17, 15) is 4.79 Å². The van der Waals surface area contributed by atoms with Crippen molar-refractivity contribution in [3.63, 3.8) is 0 Å². The van der Waals surface area contributed by atoms with Gasteiger partial charge in [0.05, 0.1) is 12.3 Å². The first-order valence-corrected chi connectivity index (χ1v) is 4.56. The molecule has 0 aliphatic carbocycles. The van der Waals surface area contributed by atoms with Crippen LogP contribution in [0.4, 0.5) is 10.6 Å². The lowest BCUT2D eigenvalue weighted by molar-refractivity contribution is -0.370. The molecule has 1 heterocycles. The van der Waals surface area contributed by atoms with Crippen LogP contribution in [0.3, 0.4) is 0 Å². The van der Waals surface area contributed by atoms with Gasteiger partial charge >= 0.3 is 6.09 Å². The number of anilines is 1. The molecule has 0 spiro atoms. The largest absolute Gasteiger partial charge is 0.504 e. The van der Waals surface area contributed by atoms with Crippen LogP contribution in [0, 0.1) is 13.8 Å². The molecule has 1 aromatic heterocycles. The number of nitrogens with one attached hydrogen (secondary N) is 2. The molecular weight excluding hydrogens is 180 g/mol. The number of rotatable bonds is 2. The van der Waals surface area contributed by atoms with E-state index in [1.54, 1.807) is 6.92 Å².